The molecule has 5 nitrogen and oxygen atoms in total. The van der Waals surface area contributed by atoms with Crippen molar-refractivity contribution in [2.45, 2.75) is 45.2 Å². The maximum Gasteiger partial charge on any atom is 0.248 e. The fraction of sp³-hybridized carbons (Fsp3) is 0.444. The zero-order valence-corrected chi connectivity index (χ0v) is 15.3. The van der Waals surface area contributed by atoms with Gasteiger partial charge in [0.1, 0.15) is 24.8 Å². The van der Waals surface area contributed by atoms with Crippen LogP contribution in [0.5, 0.6) is 0 Å². The summed E-state index contributed by atoms with van der Waals surface area (Å²) in [6.07, 6.45) is 22.4. The first-order valence-electron chi connectivity index (χ1n) is 8.26. The highest BCUT2D eigenvalue weighted by Gasteiger charge is 2.02. The molecule has 6 heteroatoms. The third-order valence-corrected chi connectivity index (χ3v) is 3.68. The van der Waals surface area contributed by atoms with E-state index in [1.807, 2.05) is 33.9 Å². The average molecular weight is 353 g/mol. The molecular weight excluding hydrogens is 324 g/mol. The summed E-state index contributed by atoms with van der Waals surface area (Å²) in [5.74, 6) is 0. The summed E-state index contributed by atoms with van der Waals surface area (Å²) in [5, 5.41) is 0. The van der Waals surface area contributed by atoms with Crippen LogP contribution in [0.15, 0.2) is 50.6 Å². The number of nitrogens with zero attached hydrogens (tertiary/aromatic N) is 4. The van der Waals surface area contributed by atoms with Crippen LogP contribution in [0.2, 0.25) is 0 Å². The zero-order valence-electron chi connectivity index (χ0n) is 14.6. The summed E-state index contributed by atoms with van der Waals surface area (Å²) in [6.45, 7) is 9.68. The van der Waals surface area contributed by atoms with E-state index in [0.717, 1.165) is 13.1 Å². The number of hydrogen-bond donors (Lipinski definition) is 0. The van der Waals surface area contributed by atoms with Crippen LogP contribution in [-0.4, -0.2) is 16.2 Å². The van der Waals surface area contributed by atoms with E-state index in [-0.39, 0.29) is 0 Å². The Morgan fingerprint density at radius 2 is 1.25 bits per heavy atom. The largest absolute Gasteiger partial charge is 0.283 e. The lowest BCUT2D eigenvalue weighted by Crippen LogP contribution is -2.31. The Morgan fingerprint density at radius 3 is 1.58 bits per heavy atom. The highest BCUT2D eigenvalue weighted by Crippen LogP contribution is 2.03. The molecule has 0 aromatic carbocycles. The molecule has 2 heterocycles. The molecule has 2 aromatic rings. The Hall–Kier alpha value is -1.85. The van der Waals surface area contributed by atoms with E-state index in [2.05, 4.69) is 63.5 Å². The first-order chi connectivity index (χ1) is 11.7. The summed E-state index contributed by atoms with van der Waals surface area (Å²) in [5.41, 5.74) is 0. The number of unbranched alkanes of at least 4 members (excludes halogenated alkanes) is 4. The molecule has 0 fully saturated rings. The third-order valence-electron chi connectivity index (χ3n) is 3.68. The molecular formula is C18H29ClN4O+2. The molecule has 0 unspecified atom stereocenters. The van der Waals surface area contributed by atoms with Gasteiger partial charge >= 0.3 is 0 Å². The molecule has 132 valence electrons. The van der Waals surface area contributed by atoms with Gasteiger partial charge in [0.05, 0.1) is 44.5 Å². The molecule has 0 saturated carbocycles. The maximum absolute atomic E-state index is 4.50. The fourth-order valence-corrected chi connectivity index (χ4v) is 2.42. The predicted molar refractivity (Wildman–Crippen MR) is 98.0 cm³/mol. The smallest absolute Gasteiger partial charge is 0.248 e. The normalized spacial score (nSPS) is 10.1. The molecule has 0 aliphatic carbocycles. The standard InChI is InChI=1S/C17H26N4.CH3ClO/c1-3-18-12-14-20(16-18)10-8-6-5-7-9-11-21-15-13-19(4-2)17-21;1-3-2/h3-4,12-17H,1-2,5-11H2;1H3/q+2;. The van der Waals surface area contributed by atoms with Crippen LogP contribution < -0.4 is 9.13 Å². The van der Waals surface area contributed by atoms with Crippen molar-refractivity contribution in [3.63, 3.8) is 0 Å². The Labute approximate surface area is 150 Å². The molecule has 0 spiro atoms. The van der Waals surface area contributed by atoms with Crippen LogP contribution in [0.25, 0.3) is 12.4 Å². The maximum atomic E-state index is 4.50. The lowest BCUT2D eigenvalue weighted by atomic mass is 10.1. The van der Waals surface area contributed by atoms with Crippen LogP contribution in [0.1, 0.15) is 32.1 Å². The molecule has 2 aromatic heterocycles. The third kappa shape index (κ3) is 8.13. The highest BCUT2D eigenvalue weighted by atomic mass is 35.5. The Morgan fingerprint density at radius 1 is 0.875 bits per heavy atom. The Kier molecular flexibility index (Phi) is 10.6. The number of aryl methyl sites for hydroxylation is 2. The predicted octanol–water partition coefficient (Wildman–Crippen LogP) is 3.50. The molecule has 0 bridgehead atoms. The van der Waals surface area contributed by atoms with Gasteiger partial charge in [0.25, 0.3) is 0 Å². The molecule has 0 radical (unpaired) electrons. The van der Waals surface area contributed by atoms with Crippen molar-refractivity contribution in [2.75, 3.05) is 7.11 Å². The molecule has 0 aliphatic rings. The van der Waals surface area contributed by atoms with E-state index in [4.69, 9.17) is 0 Å². The van der Waals surface area contributed by atoms with Crippen LogP contribution in [0, 0.1) is 0 Å². The topological polar surface area (TPSA) is 26.8 Å². The lowest BCUT2D eigenvalue weighted by Gasteiger charge is -1.99. The molecule has 0 amide bonds. The number of rotatable bonds is 10. The second-order valence-electron chi connectivity index (χ2n) is 5.48. The summed E-state index contributed by atoms with van der Waals surface area (Å²) >= 11 is 4.50. The van der Waals surface area contributed by atoms with Gasteiger partial charge in [0.2, 0.25) is 12.7 Å². The second-order valence-corrected chi connectivity index (χ2v) is 5.79. The minimum atomic E-state index is 1.10. The van der Waals surface area contributed by atoms with E-state index in [1.165, 1.54) is 39.2 Å². The Bertz CT molecular complexity index is 541. The van der Waals surface area contributed by atoms with Crippen molar-refractivity contribution in [1.29, 1.82) is 0 Å². The van der Waals surface area contributed by atoms with Gasteiger partial charge in [-0.2, -0.15) is 0 Å². The van der Waals surface area contributed by atoms with Gasteiger partial charge in [-0.25, -0.2) is 18.3 Å². The summed E-state index contributed by atoms with van der Waals surface area (Å²) < 4.78 is 12.1. The number of aromatic nitrogens is 4. The van der Waals surface area contributed by atoms with Gasteiger partial charge in [0.15, 0.2) is 0 Å². The average Bonchev–Trinajstić information content (AvgIpc) is 3.23. The molecule has 24 heavy (non-hydrogen) atoms. The number of hydrogen-bond acceptors (Lipinski definition) is 1. The van der Waals surface area contributed by atoms with Gasteiger partial charge in [-0.3, -0.25) is 4.29 Å². The van der Waals surface area contributed by atoms with Crippen molar-refractivity contribution in [2.24, 2.45) is 0 Å². The molecule has 0 saturated heterocycles. The Balaban J connectivity index is 0.000000891. The van der Waals surface area contributed by atoms with Gasteiger partial charge in [0, 0.05) is 0 Å². The highest BCUT2D eigenvalue weighted by molar-refractivity contribution is 6.07. The number of imidazole rings is 2. The first-order valence-corrected chi connectivity index (χ1v) is 8.57. The van der Waals surface area contributed by atoms with Crippen LogP contribution >= 0.6 is 11.9 Å². The summed E-state index contributed by atoms with van der Waals surface area (Å²) in [7, 11) is 1.39. The zero-order chi connectivity index (χ0) is 17.6. The van der Waals surface area contributed by atoms with E-state index in [9.17, 15) is 0 Å². The fourth-order valence-electron chi connectivity index (χ4n) is 2.42. The second kappa shape index (κ2) is 12.6. The van der Waals surface area contributed by atoms with Crippen LogP contribution in [0.3, 0.4) is 0 Å². The molecule has 0 aliphatic heterocycles. The van der Waals surface area contributed by atoms with Crippen molar-refractivity contribution in [1.82, 2.24) is 9.13 Å². The number of halogens is 1. The van der Waals surface area contributed by atoms with Crippen molar-refractivity contribution in [3.05, 3.63) is 50.6 Å². The quantitative estimate of drug-likeness (QED) is 0.475. The van der Waals surface area contributed by atoms with E-state index in [0.29, 0.717) is 0 Å². The van der Waals surface area contributed by atoms with E-state index < -0.39 is 0 Å². The van der Waals surface area contributed by atoms with E-state index in [1.54, 1.807) is 0 Å². The van der Waals surface area contributed by atoms with Crippen molar-refractivity contribution >= 4 is 24.3 Å². The SMILES string of the molecule is C=Cn1cc[n+](CCCCCCC[n+]2ccn(C=C)c2)c1.COCl. The van der Waals surface area contributed by atoms with Crippen molar-refractivity contribution < 1.29 is 13.4 Å². The summed E-state index contributed by atoms with van der Waals surface area (Å²) in [6, 6.07) is 0. The summed E-state index contributed by atoms with van der Waals surface area (Å²) in [4.78, 5) is 0. The van der Waals surface area contributed by atoms with Crippen molar-refractivity contribution in [3.8, 4) is 0 Å². The lowest BCUT2D eigenvalue weighted by molar-refractivity contribution is -0.696. The monoisotopic (exact) mass is 352 g/mol. The van der Waals surface area contributed by atoms with Gasteiger partial charge in [-0.15, -0.1) is 0 Å². The minimum absolute atomic E-state index is 1.10. The van der Waals surface area contributed by atoms with Gasteiger partial charge in [-0.05, 0) is 25.7 Å². The van der Waals surface area contributed by atoms with E-state index >= 15 is 0 Å². The van der Waals surface area contributed by atoms with Crippen LogP contribution in [0.4, 0.5) is 0 Å². The molecule has 2 rings (SSSR count). The minimum Gasteiger partial charge on any atom is -0.283 e. The van der Waals surface area contributed by atoms with Crippen LogP contribution in [-0.2, 0) is 17.4 Å². The van der Waals surface area contributed by atoms with Gasteiger partial charge in [-0.1, -0.05) is 19.6 Å². The van der Waals surface area contributed by atoms with Gasteiger partial charge < -0.3 is 0 Å². The molecule has 0 atom stereocenters. The first kappa shape index (κ1) is 20.2. The molecule has 0 N–H and O–H groups in total.